The quantitative estimate of drug-likeness (QED) is 0.358. The molecule has 2 aromatic rings. The van der Waals surface area contributed by atoms with E-state index in [9.17, 15) is 0 Å². The molecule has 0 spiro atoms. The van der Waals surface area contributed by atoms with Gasteiger partial charge in [0.25, 0.3) is 0 Å². The maximum atomic E-state index is 4.72. The molecule has 1 aromatic carbocycles. The number of benzene rings is 1. The predicted molar refractivity (Wildman–Crippen MR) is 121 cm³/mol. The summed E-state index contributed by atoms with van der Waals surface area (Å²) in [7, 11) is 0. The number of aliphatic imine (C=N–C) groups is 1. The van der Waals surface area contributed by atoms with Crippen LogP contribution >= 0.6 is 35.7 Å². The summed E-state index contributed by atoms with van der Waals surface area (Å²) < 4.78 is 2.16. The first-order chi connectivity index (χ1) is 12.3. The number of rotatable bonds is 7. The second-order valence-electron chi connectivity index (χ2n) is 6.17. The normalized spacial score (nSPS) is 17.0. The Bertz CT molecular complexity index is 668. The monoisotopic (exact) mass is 485 g/mol. The number of nitrogens with one attached hydrogen (secondary N) is 2. The molecule has 0 aliphatic carbocycles. The van der Waals surface area contributed by atoms with Crippen molar-refractivity contribution in [3.8, 4) is 0 Å². The minimum atomic E-state index is 0. The zero-order valence-electron chi connectivity index (χ0n) is 15.2. The maximum absolute atomic E-state index is 4.72. The summed E-state index contributed by atoms with van der Waals surface area (Å²) in [6, 6.07) is 10.5. The summed E-state index contributed by atoms with van der Waals surface area (Å²) in [5.41, 5.74) is 1.27. The Balaban J connectivity index is 0.00000243. The van der Waals surface area contributed by atoms with Crippen molar-refractivity contribution in [1.82, 2.24) is 20.2 Å². The molecule has 0 bridgehead atoms. The second kappa shape index (κ2) is 11.5. The average molecular weight is 485 g/mol. The Morgan fingerprint density at radius 3 is 2.88 bits per heavy atom. The smallest absolute Gasteiger partial charge is 0.191 e. The number of nitrogens with zero attached hydrogens (tertiary/aromatic N) is 3. The number of hydrogen-bond donors (Lipinski definition) is 2. The van der Waals surface area contributed by atoms with E-state index in [2.05, 4.69) is 63.1 Å². The largest absolute Gasteiger partial charge is 0.357 e. The molecular weight excluding hydrogens is 457 g/mol. The lowest BCUT2D eigenvalue weighted by atomic mass is 10.2. The van der Waals surface area contributed by atoms with Crippen molar-refractivity contribution in [3.63, 3.8) is 0 Å². The van der Waals surface area contributed by atoms with Crippen molar-refractivity contribution in [2.75, 3.05) is 18.8 Å². The van der Waals surface area contributed by atoms with Crippen LogP contribution in [0.4, 0.5) is 0 Å². The van der Waals surface area contributed by atoms with E-state index < -0.39 is 0 Å². The highest BCUT2D eigenvalue weighted by atomic mass is 127. The van der Waals surface area contributed by atoms with E-state index in [1.54, 1.807) is 0 Å². The van der Waals surface area contributed by atoms with Crippen LogP contribution in [0.25, 0.3) is 0 Å². The number of halogens is 1. The average Bonchev–Trinajstić information content (AvgIpc) is 3.30. The van der Waals surface area contributed by atoms with Gasteiger partial charge in [0, 0.05) is 37.3 Å². The van der Waals surface area contributed by atoms with E-state index >= 15 is 0 Å². The van der Waals surface area contributed by atoms with Crippen LogP contribution in [-0.4, -0.2) is 39.6 Å². The second-order valence-corrected chi connectivity index (χ2v) is 7.58. The van der Waals surface area contributed by atoms with Crippen LogP contribution < -0.4 is 10.6 Å². The summed E-state index contributed by atoms with van der Waals surface area (Å²) >= 11 is 2.06. The Morgan fingerprint density at radius 1 is 1.31 bits per heavy atom. The van der Waals surface area contributed by atoms with Gasteiger partial charge in [0.05, 0.1) is 0 Å². The summed E-state index contributed by atoms with van der Waals surface area (Å²) in [5, 5.41) is 7.52. The molecule has 2 heterocycles. The Hall–Kier alpha value is -1.22. The Labute approximate surface area is 177 Å². The fourth-order valence-corrected chi connectivity index (χ4v) is 4.12. The minimum Gasteiger partial charge on any atom is -0.357 e. The molecule has 1 unspecified atom stereocenters. The molecule has 1 saturated heterocycles. The zero-order valence-corrected chi connectivity index (χ0v) is 18.4. The van der Waals surface area contributed by atoms with Crippen molar-refractivity contribution in [2.24, 2.45) is 4.99 Å². The van der Waals surface area contributed by atoms with Gasteiger partial charge in [0.1, 0.15) is 12.4 Å². The number of hydrogen-bond acceptors (Lipinski definition) is 3. The minimum absolute atomic E-state index is 0. The van der Waals surface area contributed by atoms with Crippen LogP contribution in [-0.2, 0) is 13.1 Å². The van der Waals surface area contributed by atoms with Crippen LogP contribution in [0.2, 0.25) is 0 Å². The highest BCUT2D eigenvalue weighted by Crippen LogP contribution is 2.25. The molecule has 1 aliphatic rings. The molecule has 2 N–H and O–H groups in total. The molecule has 3 rings (SSSR count). The lowest BCUT2D eigenvalue weighted by Gasteiger charge is -2.14. The fraction of sp³-hybridized carbons (Fsp3) is 0.474. The Kier molecular flexibility index (Phi) is 9.31. The predicted octanol–water partition coefficient (Wildman–Crippen LogP) is 3.50. The van der Waals surface area contributed by atoms with Crippen LogP contribution in [0.5, 0.6) is 0 Å². The SMILES string of the molecule is CCNC(=NCc1nccn1Cc1ccccc1)NCC1CCCS1.I. The zero-order chi connectivity index (χ0) is 17.3. The van der Waals surface area contributed by atoms with Gasteiger partial charge in [-0.3, -0.25) is 0 Å². The third-order valence-corrected chi connectivity index (χ3v) is 5.64. The molecule has 1 fully saturated rings. The van der Waals surface area contributed by atoms with Crippen molar-refractivity contribution in [3.05, 3.63) is 54.1 Å². The first kappa shape index (κ1) is 21.1. The van der Waals surface area contributed by atoms with E-state index in [1.807, 2.05) is 18.5 Å². The Morgan fingerprint density at radius 2 is 2.15 bits per heavy atom. The molecule has 1 aromatic heterocycles. The number of aromatic nitrogens is 2. The van der Waals surface area contributed by atoms with Gasteiger partial charge < -0.3 is 15.2 Å². The standard InChI is InChI=1S/C19H27N5S.HI/c1-2-20-19(22-13-17-9-6-12-25-17)23-14-18-21-10-11-24(18)15-16-7-4-3-5-8-16;/h3-5,7-8,10-11,17H,2,6,9,12-15H2,1H3,(H2,20,22,23);1H. The lowest BCUT2D eigenvalue weighted by Crippen LogP contribution is -2.40. The first-order valence-electron chi connectivity index (χ1n) is 9.03. The highest BCUT2D eigenvalue weighted by Gasteiger charge is 2.15. The number of thioether (sulfide) groups is 1. The van der Waals surface area contributed by atoms with E-state index in [-0.39, 0.29) is 24.0 Å². The molecule has 7 heteroatoms. The third-order valence-electron chi connectivity index (χ3n) is 4.24. The van der Waals surface area contributed by atoms with Gasteiger partial charge in [-0.1, -0.05) is 30.3 Å². The van der Waals surface area contributed by atoms with Gasteiger partial charge in [-0.15, -0.1) is 24.0 Å². The number of guanidine groups is 1. The van der Waals surface area contributed by atoms with Crippen LogP contribution in [0.15, 0.2) is 47.7 Å². The van der Waals surface area contributed by atoms with Crippen molar-refractivity contribution < 1.29 is 0 Å². The molecular formula is C19H28IN5S. The van der Waals surface area contributed by atoms with Gasteiger partial charge in [-0.05, 0) is 31.1 Å². The highest BCUT2D eigenvalue weighted by molar-refractivity contribution is 14.0. The lowest BCUT2D eigenvalue weighted by molar-refractivity contribution is 0.706. The van der Waals surface area contributed by atoms with Crippen molar-refractivity contribution >= 4 is 41.7 Å². The van der Waals surface area contributed by atoms with E-state index in [1.165, 1.54) is 24.2 Å². The van der Waals surface area contributed by atoms with Crippen molar-refractivity contribution in [2.45, 2.75) is 38.1 Å². The van der Waals surface area contributed by atoms with Gasteiger partial charge >= 0.3 is 0 Å². The fourth-order valence-electron chi connectivity index (χ4n) is 2.92. The van der Waals surface area contributed by atoms with Crippen molar-refractivity contribution in [1.29, 1.82) is 0 Å². The molecule has 0 amide bonds. The van der Waals surface area contributed by atoms with Gasteiger partial charge in [0.2, 0.25) is 0 Å². The summed E-state index contributed by atoms with van der Waals surface area (Å²) in [4.78, 5) is 9.20. The molecule has 1 atom stereocenters. The molecule has 1 aliphatic heterocycles. The van der Waals surface area contributed by atoms with Gasteiger partial charge in [0.15, 0.2) is 5.96 Å². The van der Waals surface area contributed by atoms with E-state index in [0.717, 1.165) is 31.4 Å². The van der Waals surface area contributed by atoms with Crippen LogP contribution in [0, 0.1) is 0 Å². The maximum Gasteiger partial charge on any atom is 0.191 e. The van der Waals surface area contributed by atoms with E-state index in [4.69, 9.17) is 4.99 Å². The third kappa shape index (κ3) is 6.50. The van der Waals surface area contributed by atoms with Gasteiger partial charge in [-0.2, -0.15) is 11.8 Å². The molecule has 5 nitrogen and oxygen atoms in total. The molecule has 142 valence electrons. The van der Waals surface area contributed by atoms with Crippen LogP contribution in [0.3, 0.4) is 0 Å². The number of imidazole rings is 1. The topological polar surface area (TPSA) is 54.2 Å². The summed E-state index contributed by atoms with van der Waals surface area (Å²) in [5.74, 6) is 3.15. The van der Waals surface area contributed by atoms with Gasteiger partial charge in [-0.25, -0.2) is 9.98 Å². The molecule has 0 radical (unpaired) electrons. The molecule has 26 heavy (non-hydrogen) atoms. The summed E-state index contributed by atoms with van der Waals surface area (Å²) in [6.45, 7) is 5.34. The van der Waals surface area contributed by atoms with Crippen LogP contribution in [0.1, 0.15) is 31.2 Å². The first-order valence-corrected chi connectivity index (χ1v) is 10.1. The summed E-state index contributed by atoms with van der Waals surface area (Å²) in [6.07, 6.45) is 6.51. The molecule has 0 saturated carbocycles. The van der Waals surface area contributed by atoms with E-state index in [0.29, 0.717) is 11.8 Å².